The van der Waals surface area contributed by atoms with E-state index in [9.17, 15) is 29.1 Å². The minimum absolute atomic E-state index is 0.0339. The number of carbonyl (C=O) groups is 5. The van der Waals surface area contributed by atoms with Gasteiger partial charge in [-0.15, -0.1) is 0 Å². The molecule has 10 N–H and O–H groups in total. The van der Waals surface area contributed by atoms with E-state index in [1.807, 2.05) is 42.5 Å². The van der Waals surface area contributed by atoms with Crippen LogP contribution in [0.1, 0.15) is 30.9 Å². The van der Waals surface area contributed by atoms with Gasteiger partial charge in [0.25, 0.3) is 0 Å². The van der Waals surface area contributed by atoms with E-state index in [1.165, 1.54) is 19.1 Å². The Labute approximate surface area is 271 Å². The van der Waals surface area contributed by atoms with Crippen LogP contribution in [0.5, 0.6) is 5.75 Å². The molecule has 4 rings (SSSR count). The first-order valence-electron chi connectivity index (χ1n) is 15.3. The fraction of sp³-hybridized carbons (Fsp3) is 0.333. The van der Waals surface area contributed by atoms with E-state index in [4.69, 9.17) is 11.5 Å². The molecule has 3 aromatic rings. The summed E-state index contributed by atoms with van der Waals surface area (Å²) in [6.07, 6.45) is 0.589. The van der Waals surface area contributed by atoms with Crippen LogP contribution in [-0.2, 0) is 36.8 Å². The summed E-state index contributed by atoms with van der Waals surface area (Å²) in [5.41, 5.74) is 12.2. The van der Waals surface area contributed by atoms with Gasteiger partial charge in [-0.25, -0.2) is 0 Å². The zero-order chi connectivity index (χ0) is 33.9. The Hall–Kier alpha value is -5.66. The molecular weight excluding hydrogens is 604 g/mol. The first kappa shape index (κ1) is 34.2. The van der Waals surface area contributed by atoms with Gasteiger partial charge in [0.05, 0.1) is 6.54 Å². The van der Waals surface area contributed by atoms with Gasteiger partial charge < -0.3 is 43.2 Å². The molecule has 47 heavy (non-hydrogen) atoms. The van der Waals surface area contributed by atoms with Crippen molar-refractivity contribution in [3.8, 4) is 5.75 Å². The average molecular weight is 645 g/mol. The van der Waals surface area contributed by atoms with E-state index in [0.29, 0.717) is 12.0 Å². The van der Waals surface area contributed by atoms with Gasteiger partial charge in [0, 0.05) is 19.4 Å². The van der Waals surface area contributed by atoms with Crippen molar-refractivity contribution in [2.75, 3.05) is 13.1 Å². The lowest BCUT2D eigenvalue weighted by atomic mass is 10.0. The maximum absolute atomic E-state index is 13.6. The van der Waals surface area contributed by atoms with Crippen LogP contribution in [0.25, 0.3) is 10.8 Å². The Bertz CT molecular complexity index is 1640. The number of nitrogens with two attached hydrogens (primary N) is 2. The van der Waals surface area contributed by atoms with E-state index in [2.05, 4.69) is 31.6 Å². The normalized spacial score (nSPS) is 21.3. The predicted octanol–water partition coefficient (Wildman–Crippen LogP) is -0.527. The van der Waals surface area contributed by atoms with Crippen LogP contribution < -0.4 is 38.1 Å². The molecule has 1 fully saturated rings. The van der Waals surface area contributed by atoms with Gasteiger partial charge in [0.15, 0.2) is 5.96 Å². The fourth-order valence-corrected chi connectivity index (χ4v) is 5.14. The molecule has 4 atom stereocenters. The SMILES string of the molecule is CC1NC(=O)C(Cc2ccc(O)cc2)NC(=O)CNC(=O)C(Cc2ccc3ccccc3c2)NC(=O)C(CCCN=C(N)N)NC1=O. The van der Waals surface area contributed by atoms with Crippen molar-refractivity contribution in [1.82, 2.24) is 26.6 Å². The number of nitrogens with one attached hydrogen (secondary N) is 5. The molecule has 4 unspecified atom stereocenters. The van der Waals surface area contributed by atoms with Crippen LogP contribution in [0.2, 0.25) is 0 Å². The monoisotopic (exact) mass is 644 g/mol. The zero-order valence-corrected chi connectivity index (χ0v) is 26.0. The minimum atomic E-state index is -1.12. The summed E-state index contributed by atoms with van der Waals surface area (Å²) >= 11 is 0. The van der Waals surface area contributed by atoms with E-state index in [0.717, 1.165) is 16.3 Å². The number of carbonyl (C=O) groups excluding carboxylic acids is 5. The van der Waals surface area contributed by atoms with Crippen molar-refractivity contribution in [2.45, 2.75) is 56.8 Å². The molecule has 14 heteroatoms. The minimum Gasteiger partial charge on any atom is -0.508 e. The lowest BCUT2D eigenvalue weighted by Crippen LogP contribution is -2.57. The van der Waals surface area contributed by atoms with E-state index < -0.39 is 60.2 Å². The number of rotatable bonds is 8. The van der Waals surface area contributed by atoms with Gasteiger partial charge in [-0.2, -0.15) is 0 Å². The molecule has 1 aliphatic heterocycles. The summed E-state index contributed by atoms with van der Waals surface area (Å²) in [5.74, 6) is -3.31. The van der Waals surface area contributed by atoms with Crippen molar-refractivity contribution in [3.63, 3.8) is 0 Å². The van der Waals surface area contributed by atoms with Crippen molar-refractivity contribution < 1.29 is 29.1 Å². The Morgan fingerprint density at radius 2 is 1.36 bits per heavy atom. The lowest BCUT2D eigenvalue weighted by molar-refractivity contribution is -0.133. The zero-order valence-electron chi connectivity index (χ0n) is 26.0. The summed E-state index contributed by atoms with van der Waals surface area (Å²) in [6, 6.07) is 15.1. The van der Waals surface area contributed by atoms with Crippen molar-refractivity contribution in [2.24, 2.45) is 16.5 Å². The maximum Gasteiger partial charge on any atom is 0.243 e. The van der Waals surface area contributed by atoms with Crippen molar-refractivity contribution in [3.05, 3.63) is 77.9 Å². The van der Waals surface area contributed by atoms with Gasteiger partial charge in [-0.3, -0.25) is 29.0 Å². The summed E-state index contributed by atoms with van der Waals surface area (Å²) in [6.45, 7) is 1.17. The molecule has 0 bridgehead atoms. The number of aromatic hydroxyl groups is 1. The topological polar surface area (TPSA) is 230 Å². The number of aliphatic imine (C=N–C) groups is 1. The standard InChI is InChI=1S/C33H40N8O6/c1-19-29(44)40-25(7-4-14-36-33(34)35)31(46)41-26(17-21-8-11-22-5-2-3-6-23(22)15-21)30(45)37-18-28(43)39-27(32(47)38-19)16-20-9-12-24(42)13-10-20/h2-3,5-6,8-13,15,19,25-27,42H,4,7,14,16-18H2,1H3,(H,37,45)(H,38,47)(H,39,43)(H,40,44)(H,41,46)(H4,34,35,36). The Morgan fingerprint density at radius 3 is 2.09 bits per heavy atom. The van der Waals surface area contributed by atoms with E-state index >= 15 is 0 Å². The molecule has 14 nitrogen and oxygen atoms in total. The molecule has 1 saturated heterocycles. The molecule has 1 aliphatic rings. The highest BCUT2D eigenvalue weighted by Crippen LogP contribution is 2.17. The highest BCUT2D eigenvalue weighted by Gasteiger charge is 2.31. The highest BCUT2D eigenvalue weighted by atomic mass is 16.3. The molecule has 0 spiro atoms. The largest absolute Gasteiger partial charge is 0.508 e. The molecule has 248 valence electrons. The van der Waals surface area contributed by atoms with Crippen LogP contribution in [-0.4, -0.2) is 77.9 Å². The van der Waals surface area contributed by atoms with Crippen LogP contribution in [0.15, 0.2) is 71.7 Å². The molecule has 0 aromatic heterocycles. The summed E-state index contributed by atoms with van der Waals surface area (Å²) < 4.78 is 0. The third-order valence-electron chi connectivity index (χ3n) is 7.67. The average Bonchev–Trinajstić information content (AvgIpc) is 3.04. The summed E-state index contributed by atoms with van der Waals surface area (Å²) in [4.78, 5) is 70.6. The first-order chi connectivity index (χ1) is 22.5. The van der Waals surface area contributed by atoms with E-state index in [1.54, 1.807) is 12.1 Å². The highest BCUT2D eigenvalue weighted by molar-refractivity contribution is 5.97. The van der Waals surface area contributed by atoms with Gasteiger partial charge in [-0.05, 0) is 53.8 Å². The van der Waals surface area contributed by atoms with Crippen LogP contribution >= 0.6 is 0 Å². The number of benzene rings is 3. The molecule has 5 amide bonds. The predicted molar refractivity (Wildman–Crippen MR) is 176 cm³/mol. The lowest BCUT2D eigenvalue weighted by Gasteiger charge is -2.24. The second-order valence-electron chi connectivity index (χ2n) is 11.4. The third-order valence-corrected chi connectivity index (χ3v) is 7.67. The van der Waals surface area contributed by atoms with Crippen LogP contribution in [0.3, 0.4) is 0 Å². The second kappa shape index (κ2) is 16.1. The molecule has 3 aromatic carbocycles. The molecule has 1 heterocycles. The number of hydrogen-bond acceptors (Lipinski definition) is 7. The smallest absolute Gasteiger partial charge is 0.243 e. The number of hydrogen-bond donors (Lipinski definition) is 8. The van der Waals surface area contributed by atoms with Crippen molar-refractivity contribution >= 4 is 46.3 Å². The number of guanidine groups is 1. The number of fused-ring (bicyclic) bond motifs is 1. The van der Waals surface area contributed by atoms with Crippen molar-refractivity contribution in [1.29, 1.82) is 0 Å². The summed E-state index contributed by atoms with van der Waals surface area (Å²) in [7, 11) is 0. The Kier molecular flexibility index (Phi) is 11.7. The van der Waals surface area contributed by atoms with Gasteiger partial charge in [0.1, 0.15) is 29.9 Å². The Morgan fingerprint density at radius 1 is 0.745 bits per heavy atom. The quantitative estimate of drug-likeness (QED) is 0.0901. The molecule has 0 aliphatic carbocycles. The van der Waals surface area contributed by atoms with Crippen LogP contribution in [0, 0.1) is 0 Å². The van der Waals surface area contributed by atoms with Gasteiger partial charge in [0.2, 0.25) is 29.5 Å². The first-order valence-corrected chi connectivity index (χ1v) is 15.3. The number of phenolic OH excluding ortho intramolecular Hbond substituents is 1. The molecule has 0 saturated carbocycles. The van der Waals surface area contributed by atoms with E-state index in [-0.39, 0.29) is 37.5 Å². The number of phenols is 1. The number of nitrogens with zero attached hydrogens (tertiary/aromatic N) is 1. The molecule has 0 radical (unpaired) electrons. The third kappa shape index (κ3) is 10.2. The Balaban J connectivity index is 1.61. The van der Waals surface area contributed by atoms with Gasteiger partial charge in [-0.1, -0.05) is 54.6 Å². The van der Waals surface area contributed by atoms with Gasteiger partial charge >= 0.3 is 0 Å². The number of amides is 5. The fourth-order valence-electron chi connectivity index (χ4n) is 5.14. The second-order valence-corrected chi connectivity index (χ2v) is 11.4. The summed E-state index contributed by atoms with van der Waals surface area (Å²) in [5, 5.41) is 24.8. The maximum atomic E-state index is 13.6. The van der Waals surface area contributed by atoms with Crippen LogP contribution in [0.4, 0.5) is 0 Å². The molecular formula is C33H40N8O6.